The molecule has 0 aromatic heterocycles. The molecule has 0 unspecified atom stereocenters. The van der Waals surface area contributed by atoms with Gasteiger partial charge in [0.05, 0.1) is 0 Å². The molecule has 1 heteroatoms. The Morgan fingerprint density at radius 2 is 1.31 bits per heavy atom. The summed E-state index contributed by atoms with van der Waals surface area (Å²) in [5.74, 6) is 2.29. The zero-order valence-corrected chi connectivity index (χ0v) is 11.7. The van der Waals surface area contributed by atoms with E-state index >= 15 is 0 Å². The molecule has 0 rings (SSSR count). The normalized spacial score (nSPS) is 15.1. The molecule has 0 bridgehead atoms. The van der Waals surface area contributed by atoms with E-state index in [2.05, 4.69) is 27.7 Å². The Labute approximate surface area is 102 Å². The molecule has 0 saturated carbocycles. The molecule has 96 valence electrons. The molecule has 0 saturated heterocycles. The maximum absolute atomic E-state index is 10.3. The molecule has 2 atom stereocenters. The van der Waals surface area contributed by atoms with Crippen LogP contribution in [0.3, 0.4) is 0 Å². The highest BCUT2D eigenvalue weighted by atomic mass is 16.1. The molecule has 0 radical (unpaired) electrons. The van der Waals surface area contributed by atoms with E-state index in [4.69, 9.17) is 0 Å². The Balaban J connectivity index is 3.36. The lowest BCUT2D eigenvalue weighted by Crippen LogP contribution is -2.00. The van der Waals surface area contributed by atoms with Gasteiger partial charge in [0.1, 0.15) is 6.29 Å². The zero-order chi connectivity index (χ0) is 12.4. The van der Waals surface area contributed by atoms with Crippen molar-refractivity contribution in [3.8, 4) is 0 Å². The lowest BCUT2D eigenvalue weighted by molar-refractivity contribution is -0.108. The van der Waals surface area contributed by atoms with Crippen LogP contribution < -0.4 is 0 Å². The van der Waals surface area contributed by atoms with Gasteiger partial charge in [0, 0.05) is 6.42 Å². The van der Waals surface area contributed by atoms with Gasteiger partial charge in [-0.05, 0) is 17.8 Å². The number of hydrogen-bond acceptors (Lipinski definition) is 1. The lowest BCUT2D eigenvalue weighted by Gasteiger charge is -2.13. The van der Waals surface area contributed by atoms with Gasteiger partial charge in [-0.1, -0.05) is 66.2 Å². The number of rotatable bonds is 10. The van der Waals surface area contributed by atoms with E-state index in [0.29, 0.717) is 5.92 Å². The fourth-order valence-corrected chi connectivity index (χ4v) is 2.12. The average molecular weight is 226 g/mol. The summed E-state index contributed by atoms with van der Waals surface area (Å²) in [5.41, 5.74) is 0. The third-order valence-corrected chi connectivity index (χ3v) is 3.37. The first kappa shape index (κ1) is 15.7. The van der Waals surface area contributed by atoms with Crippen LogP contribution in [0, 0.1) is 17.8 Å². The van der Waals surface area contributed by atoms with Crippen LogP contribution in [0.15, 0.2) is 0 Å². The summed E-state index contributed by atoms with van der Waals surface area (Å²) in [5, 5.41) is 0. The quantitative estimate of drug-likeness (QED) is 0.487. The van der Waals surface area contributed by atoms with E-state index in [1.165, 1.54) is 38.5 Å². The van der Waals surface area contributed by atoms with Crippen molar-refractivity contribution in [1.29, 1.82) is 0 Å². The molecule has 0 aliphatic heterocycles. The van der Waals surface area contributed by atoms with Gasteiger partial charge in [0.2, 0.25) is 0 Å². The number of hydrogen-bond donors (Lipinski definition) is 0. The molecule has 16 heavy (non-hydrogen) atoms. The van der Waals surface area contributed by atoms with Crippen molar-refractivity contribution in [2.75, 3.05) is 0 Å². The SMILES string of the molecule is CC(C)CCC[C@@H](C)CCC[C@@H](C)CC=O. The van der Waals surface area contributed by atoms with Gasteiger partial charge in [-0.2, -0.15) is 0 Å². The molecule has 0 N–H and O–H groups in total. The summed E-state index contributed by atoms with van der Waals surface area (Å²) in [6.45, 7) is 9.14. The van der Waals surface area contributed by atoms with Crippen molar-refractivity contribution in [3.63, 3.8) is 0 Å². The van der Waals surface area contributed by atoms with Crippen LogP contribution in [-0.4, -0.2) is 6.29 Å². The predicted octanol–water partition coefficient (Wildman–Crippen LogP) is 4.84. The van der Waals surface area contributed by atoms with Crippen LogP contribution >= 0.6 is 0 Å². The fourth-order valence-electron chi connectivity index (χ4n) is 2.12. The predicted molar refractivity (Wildman–Crippen MR) is 71.5 cm³/mol. The fraction of sp³-hybridized carbons (Fsp3) is 0.933. The molecule has 1 nitrogen and oxygen atoms in total. The second-order valence-electron chi connectivity index (χ2n) is 5.87. The molecule has 0 amide bonds. The third-order valence-electron chi connectivity index (χ3n) is 3.37. The summed E-state index contributed by atoms with van der Waals surface area (Å²) < 4.78 is 0. The minimum Gasteiger partial charge on any atom is -0.303 e. The van der Waals surface area contributed by atoms with Crippen LogP contribution in [0.1, 0.15) is 72.6 Å². The van der Waals surface area contributed by atoms with Crippen LogP contribution in [0.25, 0.3) is 0 Å². The third kappa shape index (κ3) is 10.2. The Morgan fingerprint density at radius 1 is 0.812 bits per heavy atom. The van der Waals surface area contributed by atoms with E-state index in [-0.39, 0.29) is 0 Å². The molecule has 0 fully saturated rings. The molecular formula is C15H30O. The Hall–Kier alpha value is -0.330. The molecule has 0 aliphatic rings. The first-order valence-electron chi connectivity index (χ1n) is 6.99. The highest BCUT2D eigenvalue weighted by Crippen LogP contribution is 2.19. The smallest absolute Gasteiger partial charge is 0.120 e. The largest absolute Gasteiger partial charge is 0.303 e. The van der Waals surface area contributed by atoms with Crippen molar-refractivity contribution in [3.05, 3.63) is 0 Å². The summed E-state index contributed by atoms with van der Waals surface area (Å²) >= 11 is 0. The monoisotopic (exact) mass is 226 g/mol. The van der Waals surface area contributed by atoms with Gasteiger partial charge in [-0.25, -0.2) is 0 Å². The topological polar surface area (TPSA) is 17.1 Å². The Bertz CT molecular complexity index is 163. The standard InChI is InChI=1S/C15H30O/c1-13(2)7-5-8-14(3)9-6-10-15(4)11-12-16/h12-15H,5-11H2,1-4H3/t14-,15-/m1/s1. The minimum atomic E-state index is 0.584. The average Bonchev–Trinajstić information content (AvgIpc) is 2.17. The molecule has 0 aromatic rings. The molecular weight excluding hydrogens is 196 g/mol. The highest BCUT2D eigenvalue weighted by molar-refractivity contribution is 5.49. The van der Waals surface area contributed by atoms with Crippen molar-refractivity contribution >= 4 is 6.29 Å². The van der Waals surface area contributed by atoms with Gasteiger partial charge in [-0.15, -0.1) is 0 Å². The number of aldehydes is 1. The van der Waals surface area contributed by atoms with Crippen molar-refractivity contribution in [1.82, 2.24) is 0 Å². The van der Waals surface area contributed by atoms with Crippen LogP contribution in [0.5, 0.6) is 0 Å². The number of carbonyl (C=O) groups excluding carboxylic acids is 1. The second-order valence-corrected chi connectivity index (χ2v) is 5.87. The molecule has 0 heterocycles. The van der Waals surface area contributed by atoms with E-state index in [1.54, 1.807) is 0 Å². The number of carbonyl (C=O) groups is 1. The maximum atomic E-state index is 10.3. The van der Waals surface area contributed by atoms with Crippen molar-refractivity contribution in [2.24, 2.45) is 17.8 Å². The zero-order valence-electron chi connectivity index (χ0n) is 11.7. The summed E-state index contributed by atoms with van der Waals surface area (Å²) in [4.78, 5) is 10.3. The Morgan fingerprint density at radius 3 is 1.81 bits per heavy atom. The van der Waals surface area contributed by atoms with Gasteiger partial charge in [0.25, 0.3) is 0 Å². The molecule has 0 aromatic carbocycles. The van der Waals surface area contributed by atoms with E-state index in [9.17, 15) is 4.79 Å². The van der Waals surface area contributed by atoms with Crippen LogP contribution in [-0.2, 0) is 4.79 Å². The van der Waals surface area contributed by atoms with E-state index in [0.717, 1.165) is 24.5 Å². The van der Waals surface area contributed by atoms with Crippen LogP contribution in [0.4, 0.5) is 0 Å². The van der Waals surface area contributed by atoms with Gasteiger partial charge in [-0.3, -0.25) is 0 Å². The second kappa shape index (κ2) is 9.86. The van der Waals surface area contributed by atoms with Crippen LogP contribution in [0.2, 0.25) is 0 Å². The summed E-state index contributed by atoms with van der Waals surface area (Å²) in [6, 6.07) is 0. The molecule has 0 aliphatic carbocycles. The summed E-state index contributed by atoms with van der Waals surface area (Å²) in [6.07, 6.45) is 9.75. The Kier molecular flexibility index (Phi) is 9.66. The lowest BCUT2D eigenvalue weighted by atomic mass is 9.93. The van der Waals surface area contributed by atoms with Crippen molar-refractivity contribution < 1.29 is 4.79 Å². The first-order chi connectivity index (χ1) is 7.56. The van der Waals surface area contributed by atoms with Gasteiger partial charge >= 0.3 is 0 Å². The maximum Gasteiger partial charge on any atom is 0.120 e. The van der Waals surface area contributed by atoms with Gasteiger partial charge < -0.3 is 4.79 Å². The highest BCUT2D eigenvalue weighted by Gasteiger charge is 2.05. The van der Waals surface area contributed by atoms with Gasteiger partial charge in [0.15, 0.2) is 0 Å². The minimum absolute atomic E-state index is 0.584. The van der Waals surface area contributed by atoms with E-state index < -0.39 is 0 Å². The first-order valence-corrected chi connectivity index (χ1v) is 6.99. The summed E-state index contributed by atoms with van der Waals surface area (Å²) in [7, 11) is 0. The molecule has 0 spiro atoms. The van der Waals surface area contributed by atoms with E-state index in [1.807, 2.05) is 0 Å². The van der Waals surface area contributed by atoms with Crippen molar-refractivity contribution in [2.45, 2.75) is 72.6 Å².